The zero-order chi connectivity index (χ0) is 18.1. The van der Waals surface area contributed by atoms with Gasteiger partial charge >= 0.3 is 0 Å². The minimum atomic E-state index is -0.576. The summed E-state index contributed by atoms with van der Waals surface area (Å²) in [5.41, 5.74) is 6.69. The van der Waals surface area contributed by atoms with Gasteiger partial charge < -0.3 is 16.4 Å². The van der Waals surface area contributed by atoms with Gasteiger partial charge in [-0.15, -0.1) is 21.5 Å². The minimum Gasteiger partial charge on any atom is -0.364 e. The predicted octanol–water partition coefficient (Wildman–Crippen LogP) is 3.27. The highest BCUT2D eigenvalue weighted by Gasteiger charge is 2.20. The van der Waals surface area contributed by atoms with Gasteiger partial charge in [0.1, 0.15) is 0 Å². The molecular weight excluding hydrogens is 370 g/mol. The summed E-state index contributed by atoms with van der Waals surface area (Å²) in [4.78, 5) is 12.8. The molecule has 1 atom stereocenters. The van der Waals surface area contributed by atoms with Gasteiger partial charge in [-0.2, -0.15) is 0 Å². The summed E-state index contributed by atoms with van der Waals surface area (Å²) in [6.07, 6.45) is 2.18. The van der Waals surface area contributed by atoms with E-state index in [4.69, 9.17) is 17.3 Å². The molecule has 0 spiro atoms. The van der Waals surface area contributed by atoms with Gasteiger partial charge in [0.05, 0.1) is 4.70 Å². The summed E-state index contributed by atoms with van der Waals surface area (Å²) in [5, 5.41) is 16.7. The number of nitrogens with two attached hydrogens (primary N) is 1. The van der Waals surface area contributed by atoms with Gasteiger partial charge in [-0.1, -0.05) is 23.7 Å². The molecule has 2 aromatic heterocycles. The number of primary amides is 1. The Balaban J connectivity index is 1.80. The highest BCUT2D eigenvalue weighted by Crippen LogP contribution is 2.38. The van der Waals surface area contributed by atoms with Gasteiger partial charge in [0.2, 0.25) is 0 Å². The molecule has 0 bridgehead atoms. The van der Waals surface area contributed by atoms with Crippen LogP contribution in [-0.2, 0) is 0 Å². The molecule has 0 unspecified atom stereocenters. The molecule has 134 valence electrons. The smallest absolute Gasteiger partial charge is 0.270 e. The van der Waals surface area contributed by atoms with E-state index in [-0.39, 0.29) is 11.7 Å². The van der Waals surface area contributed by atoms with Crippen LogP contribution in [0.2, 0.25) is 5.02 Å². The van der Waals surface area contributed by atoms with Gasteiger partial charge in [-0.3, -0.25) is 4.79 Å². The fourth-order valence-corrected chi connectivity index (χ4v) is 4.50. The number of piperidine rings is 1. The standard InChI is InChI=1S/C18H18ClN5OS/c19-11-4-1-3-10(7-11)14-8-13-16(26-14)15(17(20)25)23-24-18(13)22-12-5-2-6-21-9-12/h1,3-4,7-8,12,21H,2,5-6,9H2,(H2,20,25)(H,22,24)/t12-/m1/s1. The normalized spacial score (nSPS) is 17.3. The Labute approximate surface area is 159 Å². The average Bonchev–Trinajstić information content (AvgIpc) is 3.08. The van der Waals surface area contributed by atoms with Gasteiger partial charge in [0, 0.05) is 27.9 Å². The number of anilines is 1. The fraction of sp³-hybridized carbons (Fsp3) is 0.278. The molecule has 1 aliphatic rings. The van der Waals surface area contributed by atoms with Crippen LogP contribution in [-0.4, -0.2) is 35.2 Å². The molecule has 1 aromatic carbocycles. The molecule has 0 radical (unpaired) electrons. The molecule has 4 N–H and O–H groups in total. The molecule has 4 rings (SSSR count). The molecule has 1 fully saturated rings. The van der Waals surface area contributed by atoms with Gasteiger partial charge in [0.25, 0.3) is 5.91 Å². The first-order chi connectivity index (χ1) is 12.6. The number of thiophene rings is 1. The van der Waals surface area contributed by atoms with Crippen molar-refractivity contribution < 1.29 is 4.79 Å². The van der Waals surface area contributed by atoms with Crippen molar-refractivity contribution in [1.29, 1.82) is 0 Å². The van der Waals surface area contributed by atoms with Gasteiger partial charge in [0.15, 0.2) is 11.5 Å². The maximum absolute atomic E-state index is 11.8. The molecule has 3 heterocycles. The quantitative estimate of drug-likeness (QED) is 0.638. The summed E-state index contributed by atoms with van der Waals surface area (Å²) < 4.78 is 0.744. The van der Waals surface area contributed by atoms with Crippen molar-refractivity contribution in [2.24, 2.45) is 5.73 Å². The van der Waals surface area contributed by atoms with E-state index in [0.29, 0.717) is 10.8 Å². The van der Waals surface area contributed by atoms with Crippen LogP contribution in [0, 0.1) is 0 Å². The second kappa shape index (κ2) is 7.19. The van der Waals surface area contributed by atoms with Crippen LogP contribution in [0.1, 0.15) is 23.3 Å². The Morgan fingerprint density at radius 1 is 1.35 bits per heavy atom. The summed E-state index contributed by atoms with van der Waals surface area (Å²) in [5.74, 6) is 0.108. The summed E-state index contributed by atoms with van der Waals surface area (Å²) in [6.45, 7) is 1.92. The Morgan fingerprint density at radius 3 is 2.96 bits per heavy atom. The van der Waals surface area contributed by atoms with Crippen molar-refractivity contribution in [2.45, 2.75) is 18.9 Å². The van der Waals surface area contributed by atoms with E-state index < -0.39 is 5.91 Å². The molecular formula is C18H18ClN5OS. The molecule has 0 saturated carbocycles. The first kappa shape index (κ1) is 17.2. The summed E-state index contributed by atoms with van der Waals surface area (Å²) in [7, 11) is 0. The second-order valence-corrected chi connectivity index (χ2v) is 7.80. The lowest BCUT2D eigenvalue weighted by Gasteiger charge is -2.24. The molecule has 26 heavy (non-hydrogen) atoms. The largest absolute Gasteiger partial charge is 0.364 e. The van der Waals surface area contributed by atoms with Crippen molar-refractivity contribution >= 4 is 44.7 Å². The fourth-order valence-electron chi connectivity index (χ4n) is 3.16. The van der Waals surface area contributed by atoms with E-state index in [1.54, 1.807) is 0 Å². The van der Waals surface area contributed by atoms with Gasteiger partial charge in [-0.05, 0) is 43.1 Å². The molecule has 1 amide bonds. The van der Waals surface area contributed by atoms with Crippen LogP contribution in [0.25, 0.3) is 20.5 Å². The first-order valence-corrected chi connectivity index (χ1v) is 9.64. The van der Waals surface area contributed by atoms with Crippen LogP contribution < -0.4 is 16.4 Å². The number of nitrogens with one attached hydrogen (secondary N) is 2. The third-order valence-electron chi connectivity index (χ3n) is 4.43. The average molecular weight is 388 g/mol. The lowest BCUT2D eigenvalue weighted by Crippen LogP contribution is -2.38. The number of amides is 1. The molecule has 3 aromatic rings. The third-order valence-corrected chi connectivity index (χ3v) is 5.86. The van der Waals surface area contributed by atoms with Crippen molar-refractivity contribution in [3.63, 3.8) is 0 Å². The van der Waals surface area contributed by atoms with E-state index in [9.17, 15) is 4.79 Å². The summed E-state index contributed by atoms with van der Waals surface area (Å²) >= 11 is 7.59. The maximum atomic E-state index is 11.8. The number of carbonyl (C=O) groups is 1. The van der Waals surface area contributed by atoms with Crippen LogP contribution in [0.5, 0.6) is 0 Å². The highest BCUT2D eigenvalue weighted by atomic mass is 35.5. The number of benzene rings is 1. The SMILES string of the molecule is NC(=O)c1nnc(N[C@@H]2CCCNC2)c2cc(-c3cccc(Cl)c3)sc12. The zero-order valence-corrected chi connectivity index (χ0v) is 15.5. The van der Waals surface area contributed by atoms with Crippen LogP contribution in [0.3, 0.4) is 0 Å². The monoisotopic (exact) mass is 387 g/mol. The van der Waals surface area contributed by atoms with E-state index >= 15 is 0 Å². The number of aromatic nitrogens is 2. The number of carbonyl (C=O) groups excluding carboxylic acids is 1. The third kappa shape index (κ3) is 3.38. The lowest BCUT2D eigenvalue weighted by molar-refractivity contribution is 0.0996. The van der Waals surface area contributed by atoms with Crippen LogP contribution >= 0.6 is 22.9 Å². The zero-order valence-electron chi connectivity index (χ0n) is 14.0. The van der Waals surface area contributed by atoms with Crippen molar-refractivity contribution in [2.75, 3.05) is 18.4 Å². The number of halogens is 1. The predicted molar refractivity (Wildman–Crippen MR) is 106 cm³/mol. The number of hydrogen-bond acceptors (Lipinski definition) is 6. The van der Waals surface area contributed by atoms with Gasteiger partial charge in [-0.25, -0.2) is 0 Å². The summed E-state index contributed by atoms with van der Waals surface area (Å²) in [6, 6.07) is 9.93. The molecule has 6 nitrogen and oxygen atoms in total. The highest BCUT2D eigenvalue weighted by molar-refractivity contribution is 7.22. The van der Waals surface area contributed by atoms with Crippen LogP contribution in [0.15, 0.2) is 30.3 Å². The van der Waals surface area contributed by atoms with Crippen molar-refractivity contribution in [3.05, 3.63) is 41.0 Å². The Morgan fingerprint density at radius 2 is 2.23 bits per heavy atom. The van der Waals surface area contributed by atoms with E-state index in [0.717, 1.165) is 46.5 Å². The maximum Gasteiger partial charge on any atom is 0.270 e. The first-order valence-electron chi connectivity index (χ1n) is 8.45. The Bertz CT molecular complexity index is 967. The van der Waals surface area contributed by atoms with E-state index in [2.05, 4.69) is 20.8 Å². The molecule has 8 heteroatoms. The van der Waals surface area contributed by atoms with Crippen LogP contribution in [0.4, 0.5) is 5.82 Å². The topological polar surface area (TPSA) is 92.9 Å². The number of rotatable bonds is 4. The van der Waals surface area contributed by atoms with Crippen molar-refractivity contribution in [1.82, 2.24) is 15.5 Å². The number of nitrogens with zero attached hydrogens (tertiary/aromatic N) is 2. The molecule has 0 aliphatic carbocycles. The lowest BCUT2D eigenvalue weighted by atomic mass is 10.1. The van der Waals surface area contributed by atoms with Crippen molar-refractivity contribution in [3.8, 4) is 10.4 Å². The number of fused-ring (bicyclic) bond motifs is 1. The second-order valence-electron chi connectivity index (χ2n) is 6.31. The minimum absolute atomic E-state index is 0.200. The molecule has 1 saturated heterocycles. The molecule has 1 aliphatic heterocycles. The number of hydrogen-bond donors (Lipinski definition) is 3. The van der Waals surface area contributed by atoms with E-state index in [1.807, 2.05) is 30.3 Å². The van der Waals surface area contributed by atoms with E-state index in [1.165, 1.54) is 11.3 Å². The Kier molecular flexibility index (Phi) is 4.76. The Hall–Kier alpha value is -2.22.